The molecule has 0 atom stereocenters. The molecule has 32 heavy (non-hydrogen) atoms. The van der Waals surface area contributed by atoms with Gasteiger partial charge in [-0.05, 0) is 34.7 Å². The highest BCUT2D eigenvalue weighted by molar-refractivity contribution is 5.96. The average molecular weight is 432 g/mol. The Morgan fingerprint density at radius 1 is 0.906 bits per heavy atom. The second-order valence-corrected chi connectivity index (χ2v) is 8.53. The molecule has 2 N–H and O–H groups in total. The van der Waals surface area contributed by atoms with Crippen LogP contribution in [0.4, 0.5) is 0 Å². The number of pyridine rings is 1. The molecule has 3 rings (SSSR count). The lowest BCUT2D eigenvalue weighted by molar-refractivity contribution is -0.120. The van der Waals surface area contributed by atoms with E-state index in [-0.39, 0.29) is 30.3 Å². The Bertz CT molecular complexity index is 1040. The summed E-state index contributed by atoms with van der Waals surface area (Å²) >= 11 is 0. The minimum atomic E-state index is -0.289. The Morgan fingerprint density at radius 3 is 2.31 bits per heavy atom. The Labute approximate surface area is 189 Å². The number of hydrogen-bond donors (Lipinski definition) is 2. The molecule has 6 nitrogen and oxygen atoms in total. The summed E-state index contributed by atoms with van der Waals surface area (Å²) in [5.41, 5.74) is 3.49. The van der Waals surface area contributed by atoms with Crippen molar-refractivity contribution in [2.45, 2.75) is 39.3 Å². The molecule has 0 aliphatic carbocycles. The minimum Gasteiger partial charge on any atom is -0.473 e. The maximum atomic E-state index is 12.3. The highest BCUT2D eigenvalue weighted by Gasteiger charge is 2.15. The van der Waals surface area contributed by atoms with Crippen LogP contribution in [-0.4, -0.2) is 23.3 Å². The fourth-order valence-electron chi connectivity index (χ4n) is 3.06. The lowest BCUT2D eigenvalue weighted by atomic mass is 9.87. The van der Waals surface area contributed by atoms with E-state index in [1.54, 1.807) is 24.4 Å². The van der Waals surface area contributed by atoms with Crippen molar-refractivity contribution in [2.24, 2.45) is 0 Å². The van der Waals surface area contributed by atoms with Crippen molar-refractivity contribution in [3.05, 3.63) is 95.2 Å². The molecule has 0 fully saturated rings. The largest absolute Gasteiger partial charge is 0.473 e. The number of amides is 2. The van der Waals surface area contributed by atoms with Crippen molar-refractivity contribution in [1.82, 2.24) is 15.6 Å². The van der Waals surface area contributed by atoms with Gasteiger partial charge in [0.05, 0.1) is 6.54 Å². The van der Waals surface area contributed by atoms with Gasteiger partial charge in [-0.25, -0.2) is 4.98 Å². The summed E-state index contributed by atoms with van der Waals surface area (Å²) < 4.78 is 5.81. The van der Waals surface area contributed by atoms with Crippen LogP contribution in [0.5, 0.6) is 5.88 Å². The number of ether oxygens (including phenoxy) is 1. The average Bonchev–Trinajstić information content (AvgIpc) is 2.80. The molecule has 0 saturated carbocycles. The molecule has 0 unspecified atom stereocenters. The summed E-state index contributed by atoms with van der Waals surface area (Å²) in [6.07, 6.45) is 1.65. The second kappa shape index (κ2) is 10.6. The molecule has 0 aliphatic rings. The quantitative estimate of drug-likeness (QED) is 0.565. The third-order valence-corrected chi connectivity index (χ3v) is 4.97. The van der Waals surface area contributed by atoms with Crippen LogP contribution in [0.3, 0.4) is 0 Å². The van der Waals surface area contributed by atoms with Gasteiger partial charge in [-0.3, -0.25) is 9.59 Å². The van der Waals surface area contributed by atoms with Crippen molar-refractivity contribution < 1.29 is 14.3 Å². The van der Waals surface area contributed by atoms with Crippen LogP contribution in [-0.2, 0) is 23.4 Å². The van der Waals surface area contributed by atoms with E-state index in [1.807, 2.05) is 48.5 Å². The van der Waals surface area contributed by atoms with Crippen molar-refractivity contribution in [1.29, 1.82) is 0 Å². The minimum absolute atomic E-state index is 0.0187. The standard InChI is InChI=1S/C26H29N3O3/c1-26(2,3)22-13-11-20(12-14-22)24(31)29-17-23(30)28-16-21-10-7-15-27-25(21)32-18-19-8-5-4-6-9-19/h4-15H,16-18H2,1-3H3,(H,28,30)(H,29,31). The highest BCUT2D eigenvalue weighted by Crippen LogP contribution is 2.22. The first kappa shape index (κ1) is 23.0. The molecule has 0 aliphatic heterocycles. The predicted molar refractivity (Wildman–Crippen MR) is 124 cm³/mol. The number of carbonyl (C=O) groups excluding carboxylic acids is 2. The lowest BCUT2D eigenvalue weighted by Crippen LogP contribution is -2.36. The summed E-state index contributed by atoms with van der Waals surface area (Å²) in [6, 6.07) is 20.9. The topological polar surface area (TPSA) is 80.3 Å². The summed E-state index contributed by atoms with van der Waals surface area (Å²) in [5, 5.41) is 5.46. The van der Waals surface area contributed by atoms with Gasteiger partial charge >= 0.3 is 0 Å². The van der Waals surface area contributed by atoms with E-state index >= 15 is 0 Å². The third-order valence-electron chi connectivity index (χ3n) is 4.97. The van der Waals surface area contributed by atoms with Gasteiger partial charge in [-0.2, -0.15) is 0 Å². The van der Waals surface area contributed by atoms with E-state index in [4.69, 9.17) is 4.74 Å². The normalized spacial score (nSPS) is 11.0. The first-order valence-corrected chi connectivity index (χ1v) is 10.6. The van der Waals surface area contributed by atoms with Gasteiger partial charge in [0.15, 0.2) is 0 Å². The van der Waals surface area contributed by atoms with Crippen molar-refractivity contribution in [3.8, 4) is 5.88 Å². The molecule has 0 bridgehead atoms. The number of rotatable bonds is 8. The molecular weight excluding hydrogens is 402 g/mol. The highest BCUT2D eigenvalue weighted by atomic mass is 16.5. The summed E-state index contributed by atoms with van der Waals surface area (Å²) in [4.78, 5) is 28.8. The summed E-state index contributed by atoms with van der Waals surface area (Å²) in [5.74, 6) is -0.101. The number of nitrogens with one attached hydrogen (secondary N) is 2. The zero-order valence-electron chi connectivity index (χ0n) is 18.7. The van der Waals surface area contributed by atoms with Crippen molar-refractivity contribution in [3.63, 3.8) is 0 Å². The van der Waals surface area contributed by atoms with Gasteiger partial charge < -0.3 is 15.4 Å². The number of benzene rings is 2. The molecule has 0 radical (unpaired) electrons. The molecule has 2 amide bonds. The zero-order valence-corrected chi connectivity index (χ0v) is 18.7. The first-order valence-electron chi connectivity index (χ1n) is 10.6. The van der Waals surface area contributed by atoms with Crippen LogP contribution in [0.25, 0.3) is 0 Å². The number of nitrogens with zero attached hydrogens (tertiary/aromatic N) is 1. The van der Waals surface area contributed by atoms with Crippen LogP contribution in [0.1, 0.15) is 47.8 Å². The van der Waals surface area contributed by atoms with Crippen molar-refractivity contribution >= 4 is 11.8 Å². The molecule has 6 heteroatoms. The van der Waals surface area contributed by atoms with Gasteiger partial charge in [0.1, 0.15) is 6.61 Å². The number of carbonyl (C=O) groups is 2. The van der Waals surface area contributed by atoms with E-state index in [0.717, 1.165) is 16.7 Å². The fourth-order valence-corrected chi connectivity index (χ4v) is 3.06. The van der Waals surface area contributed by atoms with E-state index in [0.29, 0.717) is 18.1 Å². The second-order valence-electron chi connectivity index (χ2n) is 8.53. The van der Waals surface area contributed by atoms with Crippen LogP contribution in [0, 0.1) is 0 Å². The molecule has 0 saturated heterocycles. The molecule has 166 valence electrons. The van der Waals surface area contributed by atoms with Crippen LogP contribution < -0.4 is 15.4 Å². The van der Waals surface area contributed by atoms with Crippen LogP contribution in [0.2, 0.25) is 0 Å². The van der Waals surface area contributed by atoms with Gasteiger partial charge in [-0.1, -0.05) is 69.3 Å². The van der Waals surface area contributed by atoms with E-state index in [9.17, 15) is 9.59 Å². The molecule has 3 aromatic rings. The van der Waals surface area contributed by atoms with E-state index in [1.165, 1.54) is 0 Å². The van der Waals surface area contributed by atoms with Gasteiger partial charge in [0, 0.05) is 23.9 Å². The number of aromatic nitrogens is 1. The SMILES string of the molecule is CC(C)(C)c1ccc(C(=O)NCC(=O)NCc2cccnc2OCc2ccccc2)cc1. The molecule has 1 aromatic heterocycles. The first-order chi connectivity index (χ1) is 15.3. The Hall–Kier alpha value is -3.67. The maximum absolute atomic E-state index is 12.3. The molecule has 0 spiro atoms. The van der Waals surface area contributed by atoms with Gasteiger partial charge in [0.2, 0.25) is 11.8 Å². The van der Waals surface area contributed by atoms with Gasteiger partial charge in [0.25, 0.3) is 5.91 Å². The monoisotopic (exact) mass is 431 g/mol. The lowest BCUT2D eigenvalue weighted by Gasteiger charge is -2.19. The van der Waals surface area contributed by atoms with Crippen LogP contribution >= 0.6 is 0 Å². The van der Waals surface area contributed by atoms with Gasteiger partial charge in [-0.15, -0.1) is 0 Å². The van der Waals surface area contributed by atoms with E-state index in [2.05, 4.69) is 36.4 Å². The summed E-state index contributed by atoms with van der Waals surface area (Å²) in [7, 11) is 0. The molecule has 2 aromatic carbocycles. The Balaban J connectivity index is 1.48. The Morgan fingerprint density at radius 2 is 1.62 bits per heavy atom. The van der Waals surface area contributed by atoms with E-state index < -0.39 is 0 Å². The molecular formula is C26H29N3O3. The Kier molecular flexibility index (Phi) is 7.60. The smallest absolute Gasteiger partial charge is 0.251 e. The van der Waals surface area contributed by atoms with Crippen molar-refractivity contribution in [2.75, 3.05) is 6.54 Å². The fraction of sp³-hybridized carbons (Fsp3) is 0.269. The summed E-state index contributed by atoms with van der Waals surface area (Å²) in [6.45, 7) is 6.89. The maximum Gasteiger partial charge on any atom is 0.251 e. The molecule has 1 heterocycles. The zero-order chi connectivity index (χ0) is 23.0. The predicted octanol–water partition coefficient (Wildman–Crippen LogP) is 4.00. The third kappa shape index (κ3) is 6.67. The van der Waals surface area contributed by atoms with Crippen LogP contribution in [0.15, 0.2) is 72.9 Å². The number of hydrogen-bond acceptors (Lipinski definition) is 4.